The van der Waals surface area contributed by atoms with E-state index in [2.05, 4.69) is 46.3 Å². The van der Waals surface area contributed by atoms with Crippen LogP contribution in [0.2, 0.25) is 0 Å². The van der Waals surface area contributed by atoms with Crippen LogP contribution in [0.3, 0.4) is 0 Å². The van der Waals surface area contributed by atoms with E-state index in [1.807, 2.05) is 30.7 Å². The number of nitrogens with zero attached hydrogens (tertiary/aromatic N) is 4. The Kier molecular flexibility index (Phi) is 4.24. The maximum atomic E-state index is 4.47. The molecule has 0 unspecified atom stereocenters. The first-order valence-corrected chi connectivity index (χ1v) is 8.14. The molecule has 5 heteroatoms. The molecule has 0 saturated heterocycles. The van der Waals surface area contributed by atoms with Gasteiger partial charge >= 0.3 is 0 Å². The van der Waals surface area contributed by atoms with E-state index in [0.29, 0.717) is 0 Å². The van der Waals surface area contributed by atoms with Gasteiger partial charge in [0, 0.05) is 17.5 Å². The van der Waals surface area contributed by atoms with Gasteiger partial charge in [-0.05, 0) is 32.4 Å². The summed E-state index contributed by atoms with van der Waals surface area (Å²) in [7, 11) is 0. The van der Waals surface area contributed by atoms with Crippen LogP contribution in [-0.2, 0) is 5.75 Å². The molecule has 3 aromatic rings. The molecule has 0 bridgehead atoms. The minimum atomic E-state index is 0.812. The van der Waals surface area contributed by atoms with Gasteiger partial charge in [-0.1, -0.05) is 29.8 Å². The molecule has 2 aromatic heterocycles. The molecule has 112 valence electrons. The van der Waals surface area contributed by atoms with Gasteiger partial charge in [0.05, 0.1) is 5.69 Å². The summed E-state index contributed by atoms with van der Waals surface area (Å²) < 4.78 is 1.85. The van der Waals surface area contributed by atoms with Crippen LogP contribution in [0, 0.1) is 20.8 Å². The van der Waals surface area contributed by atoms with Crippen molar-refractivity contribution in [2.75, 3.05) is 0 Å². The number of aromatic nitrogens is 4. The van der Waals surface area contributed by atoms with Crippen LogP contribution in [0.25, 0.3) is 5.82 Å². The second kappa shape index (κ2) is 6.32. The van der Waals surface area contributed by atoms with E-state index in [9.17, 15) is 0 Å². The maximum Gasteiger partial charge on any atom is 0.158 e. The van der Waals surface area contributed by atoms with E-state index in [4.69, 9.17) is 0 Å². The van der Waals surface area contributed by atoms with Crippen molar-refractivity contribution in [2.45, 2.75) is 31.6 Å². The molecule has 0 amide bonds. The molecule has 0 spiro atoms. The predicted octanol–water partition coefficient (Wildman–Crippen LogP) is 3.88. The Morgan fingerprint density at radius 2 is 1.91 bits per heavy atom. The standard InChI is InChI=1S/C17H18N4S/c1-12-5-4-6-15(7-12)10-22-17-9-16(18-11-19-17)21-14(3)8-13(2)20-21/h4-9,11H,10H2,1-3H3. The molecule has 0 saturated carbocycles. The van der Waals surface area contributed by atoms with Crippen molar-refractivity contribution in [2.24, 2.45) is 0 Å². The summed E-state index contributed by atoms with van der Waals surface area (Å²) in [5.74, 6) is 1.71. The highest BCUT2D eigenvalue weighted by Crippen LogP contribution is 2.22. The highest BCUT2D eigenvalue weighted by molar-refractivity contribution is 7.98. The first-order valence-electron chi connectivity index (χ1n) is 7.16. The van der Waals surface area contributed by atoms with E-state index < -0.39 is 0 Å². The van der Waals surface area contributed by atoms with Gasteiger partial charge in [-0.3, -0.25) is 0 Å². The van der Waals surface area contributed by atoms with Gasteiger partial charge in [0.15, 0.2) is 5.82 Å². The normalized spacial score (nSPS) is 10.9. The van der Waals surface area contributed by atoms with Crippen molar-refractivity contribution < 1.29 is 0 Å². The van der Waals surface area contributed by atoms with Gasteiger partial charge < -0.3 is 0 Å². The van der Waals surface area contributed by atoms with Gasteiger partial charge in [-0.2, -0.15) is 5.10 Å². The lowest BCUT2D eigenvalue weighted by Crippen LogP contribution is -2.02. The van der Waals surface area contributed by atoms with E-state index >= 15 is 0 Å². The van der Waals surface area contributed by atoms with Gasteiger partial charge in [0.1, 0.15) is 11.4 Å². The Morgan fingerprint density at radius 3 is 2.64 bits per heavy atom. The zero-order valence-corrected chi connectivity index (χ0v) is 13.8. The molecule has 0 N–H and O–H groups in total. The molecule has 4 nitrogen and oxygen atoms in total. The Balaban J connectivity index is 1.78. The average molecular weight is 310 g/mol. The van der Waals surface area contributed by atoms with Gasteiger partial charge in [0.2, 0.25) is 0 Å². The minimum absolute atomic E-state index is 0.812. The zero-order valence-electron chi connectivity index (χ0n) is 12.9. The lowest BCUT2D eigenvalue weighted by molar-refractivity contribution is 0.791. The molecular formula is C17H18N4S. The summed E-state index contributed by atoms with van der Waals surface area (Å²) >= 11 is 1.71. The third-order valence-electron chi connectivity index (χ3n) is 3.32. The average Bonchev–Trinajstić information content (AvgIpc) is 2.84. The lowest BCUT2D eigenvalue weighted by atomic mass is 10.2. The predicted molar refractivity (Wildman–Crippen MR) is 89.4 cm³/mol. The molecule has 3 rings (SSSR count). The Labute approximate surface area is 134 Å². The molecule has 2 heterocycles. The molecule has 0 radical (unpaired) electrons. The summed E-state index contributed by atoms with van der Waals surface area (Å²) in [4.78, 5) is 8.68. The topological polar surface area (TPSA) is 43.6 Å². The number of thioether (sulfide) groups is 1. The second-order valence-electron chi connectivity index (χ2n) is 5.33. The van der Waals surface area contributed by atoms with Crippen LogP contribution in [0.1, 0.15) is 22.5 Å². The van der Waals surface area contributed by atoms with Crippen molar-refractivity contribution in [3.05, 3.63) is 65.2 Å². The number of aryl methyl sites for hydroxylation is 3. The Hall–Kier alpha value is -2.14. The van der Waals surface area contributed by atoms with Crippen molar-refractivity contribution >= 4 is 11.8 Å². The van der Waals surface area contributed by atoms with Crippen LogP contribution < -0.4 is 0 Å². The van der Waals surface area contributed by atoms with Crippen molar-refractivity contribution in [3.8, 4) is 5.82 Å². The Bertz CT molecular complexity index is 795. The van der Waals surface area contributed by atoms with Crippen LogP contribution in [0.5, 0.6) is 0 Å². The highest BCUT2D eigenvalue weighted by atomic mass is 32.2. The molecule has 0 aliphatic carbocycles. The third-order valence-corrected chi connectivity index (χ3v) is 4.32. The largest absolute Gasteiger partial charge is 0.230 e. The van der Waals surface area contributed by atoms with Gasteiger partial charge in [0.25, 0.3) is 0 Å². The molecule has 0 aliphatic rings. The fourth-order valence-corrected chi connectivity index (χ4v) is 3.15. The monoisotopic (exact) mass is 310 g/mol. The quantitative estimate of drug-likeness (QED) is 0.542. The molecule has 0 atom stereocenters. The van der Waals surface area contributed by atoms with Crippen molar-refractivity contribution in [1.29, 1.82) is 0 Å². The molecule has 0 aliphatic heterocycles. The fraction of sp³-hybridized carbons (Fsp3) is 0.235. The van der Waals surface area contributed by atoms with Gasteiger partial charge in [-0.15, -0.1) is 11.8 Å². The van der Waals surface area contributed by atoms with Gasteiger partial charge in [-0.25, -0.2) is 14.6 Å². The van der Waals surface area contributed by atoms with E-state index in [-0.39, 0.29) is 0 Å². The minimum Gasteiger partial charge on any atom is -0.230 e. The number of benzene rings is 1. The summed E-state index contributed by atoms with van der Waals surface area (Å²) in [6.45, 7) is 6.12. The summed E-state index contributed by atoms with van der Waals surface area (Å²) in [6, 6.07) is 12.6. The number of hydrogen-bond donors (Lipinski definition) is 0. The Morgan fingerprint density at radius 1 is 1.05 bits per heavy atom. The van der Waals surface area contributed by atoms with E-state index in [1.165, 1.54) is 11.1 Å². The second-order valence-corrected chi connectivity index (χ2v) is 6.33. The zero-order chi connectivity index (χ0) is 15.5. The van der Waals surface area contributed by atoms with Crippen molar-refractivity contribution in [1.82, 2.24) is 19.7 Å². The summed E-state index contributed by atoms with van der Waals surface area (Å²) in [6.07, 6.45) is 1.60. The van der Waals surface area contributed by atoms with Crippen LogP contribution in [0.4, 0.5) is 0 Å². The summed E-state index contributed by atoms with van der Waals surface area (Å²) in [5.41, 5.74) is 4.65. The van der Waals surface area contributed by atoms with Crippen LogP contribution >= 0.6 is 11.8 Å². The molecular weight excluding hydrogens is 292 g/mol. The first-order chi connectivity index (χ1) is 10.6. The van der Waals surface area contributed by atoms with E-state index in [0.717, 1.165) is 28.0 Å². The molecule has 0 fully saturated rings. The number of rotatable bonds is 4. The number of hydrogen-bond acceptors (Lipinski definition) is 4. The van der Waals surface area contributed by atoms with Crippen LogP contribution in [-0.4, -0.2) is 19.7 Å². The lowest BCUT2D eigenvalue weighted by Gasteiger charge is -2.06. The SMILES string of the molecule is Cc1cccc(CSc2cc(-n3nc(C)cc3C)ncn2)c1. The van der Waals surface area contributed by atoms with E-state index in [1.54, 1.807) is 18.1 Å². The first kappa shape index (κ1) is 14.8. The molecule has 1 aromatic carbocycles. The maximum absolute atomic E-state index is 4.47. The highest BCUT2D eigenvalue weighted by Gasteiger charge is 2.07. The molecule has 22 heavy (non-hydrogen) atoms. The fourth-order valence-electron chi connectivity index (χ4n) is 2.34. The summed E-state index contributed by atoms with van der Waals surface area (Å²) in [5, 5.41) is 5.43. The van der Waals surface area contributed by atoms with Crippen LogP contribution in [0.15, 0.2) is 47.8 Å². The third kappa shape index (κ3) is 3.36. The van der Waals surface area contributed by atoms with Crippen molar-refractivity contribution in [3.63, 3.8) is 0 Å². The smallest absolute Gasteiger partial charge is 0.158 e.